The van der Waals surface area contributed by atoms with E-state index in [0.717, 1.165) is 22.4 Å². The predicted octanol–water partition coefficient (Wildman–Crippen LogP) is 5.11. The highest BCUT2D eigenvalue weighted by Crippen LogP contribution is 2.41. The highest BCUT2D eigenvalue weighted by atomic mass is 35.5. The van der Waals surface area contributed by atoms with Gasteiger partial charge in [-0.1, -0.05) is 35.4 Å². The summed E-state index contributed by atoms with van der Waals surface area (Å²) in [5.41, 5.74) is 5.21. The number of amides is 2. The van der Waals surface area contributed by atoms with Crippen LogP contribution < -0.4 is 15.1 Å². The van der Waals surface area contributed by atoms with Crippen LogP contribution in [0, 0.1) is 6.92 Å². The first-order chi connectivity index (χ1) is 15.0. The Bertz CT molecular complexity index is 1230. The summed E-state index contributed by atoms with van der Waals surface area (Å²) in [5, 5.41) is 3.14. The normalized spacial score (nSPS) is 19.1. The fourth-order valence-corrected chi connectivity index (χ4v) is 4.53. The number of hydrogen-bond acceptors (Lipinski definition) is 4. The number of likely N-dealkylation sites (N-methyl/N-ethyl adjacent to an activating group) is 1. The van der Waals surface area contributed by atoms with Crippen molar-refractivity contribution in [1.82, 2.24) is 5.32 Å². The monoisotopic (exact) mass is 465 g/mol. The van der Waals surface area contributed by atoms with Gasteiger partial charge in [-0.25, -0.2) is 0 Å². The fourth-order valence-electron chi connectivity index (χ4n) is 4.04. The van der Waals surface area contributed by atoms with Gasteiger partial charge in [-0.05, 0) is 81.4 Å². The van der Waals surface area contributed by atoms with Gasteiger partial charge in [-0.15, -0.1) is 0 Å². The number of benzene rings is 2. The van der Waals surface area contributed by atoms with Crippen molar-refractivity contribution in [1.29, 1.82) is 0 Å². The number of thiocarbonyl (C=S) groups is 1. The van der Waals surface area contributed by atoms with E-state index in [1.165, 1.54) is 11.0 Å². The molecule has 0 spiro atoms. The molecule has 2 amide bonds. The Hall–Kier alpha value is -2.96. The number of aryl methyl sites for hydroxylation is 1. The molecule has 0 saturated carbocycles. The first kappa shape index (κ1) is 22.2. The molecule has 0 unspecified atom stereocenters. The van der Waals surface area contributed by atoms with Gasteiger partial charge in [-0.3, -0.25) is 19.8 Å². The van der Waals surface area contributed by atoms with E-state index in [2.05, 4.69) is 37.1 Å². The average molecular weight is 466 g/mol. The summed E-state index contributed by atoms with van der Waals surface area (Å²) in [7, 11) is 2.02. The Kier molecular flexibility index (Phi) is 5.47. The molecule has 0 bridgehead atoms. The Morgan fingerprint density at radius 3 is 2.41 bits per heavy atom. The molecule has 5 nitrogen and oxygen atoms in total. The molecule has 1 saturated heterocycles. The first-order valence-corrected chi connectivity index (χ1v) is 11.0. The number of nitrogens with zero attached hydrogens (tertiary/aromatic N) is 2. The number of allylic oxidation sites excluding steroid dienone is 1. The van der Waals surface area contributed by atoms with Crippen molar-refractivity contribution in [2.24, 2.45) is 0 Å². The molecular formula is C25H24ClN3O2S. The van der Waals surface area contributed by atoms with Crippen LogP contribution >= 0.6 is 23.8 Å². The van der Waals surface area contributed by atoms with Gasteiger partial charge in [0, 0.05) is 23.3 Å². The number of halogens is 1. The number of hydrogen-bond donors (Lipinski definition) is 1. The van der Waals surface area contributed by atoms with Crippen LogP contribution in [-0.2, 0) is 9.59 Å². The first-order valence-electron chi connectivity index (χ1n) is 10.2. The number of nitrogens with one attached hydrogen (secondary N) is 1. The van der Waals surface area contributed by atoms with Gasteiger partial charge < -0.3 is 4.90 Å². The van der Waals surface area contributed by atoms with E-state index in [4.69, 9.17) is 23.8 Å². The smallest absolute Gasteiger partial charge is 0.270 e. The largest absolute Gasteiger partial charge is 0.365 e. The number of anilines is 2. The Balaban J connectivity index is 1.78. The van der Waals surface area contributed by atoms with E-state index < -0.39 is 11.8 Å². The van der Waals surface area contributed by atoms with Crippen molar-refractivity contribution in [3.05, 3.63) is 69.8 Å². The van der Waals surface area contributed by atoms with Crippen molar-refractivity contribution in [2.45, 2.75) is 33.2 Å². The summed E-state index contributed by atoms with van der Waals surface area (Å²) >= 11 is 11.9. The van der Waals surface area contributed by atoms with Crippen LogP contribution in [0.2, 0.25) is 5.02 Å². The molecule has 164 valence electrons. The van der Waals surface area contributed by atoms with Crippen molar-refractivity contribution in [2.75, 3.05) is 16.8 Å². The molecule has 0 aromatic heterocycles. The highest BCUT2D eigenvalue weighted by molar-refractivity contribution is 7.80. The molecule has 4 rings (SSSR count). The SMILES string of the molecule is CC1=CC(C)(C)N(C)c2cc(Cl)c(/C=C3\C(=O)NC(=S)N(c4ccc(C)cc4)C3=O)cc21. The lowest BCUT2D eigenvalue weighted by Crippen LogP contribution is -2.54. The van der Waals surface area contributed by atoms with Crippen molar-refractivity contribution >= 4 is 63.8 Å². The topological polar surface area (TPSA) is 52.7 Å². The molecule has 2 aliphatic rings. The zero-order chi connectivity index (χ0) is 23.4. The molecule has 32 heavy (non-hydrogen) atoms. The maximum absolute atomic E-state index is 13.3. The molecule has 2 aliphatic heterocycles. The van der Waals surface area contributed by atoms with Gasteiger partial charge in [0.25, 0.3) is 11.8 Å². The molecule has 2 heterocycles. The third-order valence-electron chi connectivity index (χ3n) is 6.03. The number of fused-ring (bicyclic) bond motifs is 1. The number of carbonyl (C=O) groups is 2. The summed E-state index contributed by atoms with van der Waals surface area (Å²) in [6.07, 6.45) is 3.73. The third kappa shape index (κ3) is 3.74. The van der Waals surface area contributed by atoms with Crippen molar-refractivity contribution in [3.63, 3.8) is 0 Å². The summed E-state index contributed by atoms with van der Waals surface area (Å²) in [5.74, 6) is -1.02. The van der Waals surface area contributed by atoms with Crippen molar-refractivity contribution in [3.8, 4) is 0 Å². The van der Waals surface area contributed by atoms with Gasteiger partial charge in [0.1, 0.15) is 5.57 Å². The molecule has 1 N–H and O–H groups in total. The maximum Gasteiger partial charge on any atom is 0.270 e. The van der Waals surface area contributed by atoms with Crippen LogP contribution in [-0.4, -0.2) is 29.5 Å². The molecule has 1 fully saturated rings. The predicted molar refractivity (Wildman–Crippen MR) is 135 cm³/mol. The van der Waals surface area contributed by atoms with E-state index in [1.54, 1.807) is 12.1 Å². The van der Waals surface area contributed by atoms with Crippen LogP contribution in [0.1, 0.15) is 37.5 Å². The minimum atomic E-state index is -0.539. The minimum absolute atomic E-state index is 0.0212. The van der Waals surface area contributed by atoms with E-state index in [9.17, 15) is 9.59 Å². The zero-order valence-corrected chi connectivity index (χ0v) is 20.2. The standard InChI is InChI=1S/C25H24ClN3O2S/c1-14-6-8-17(9-7-14)29-23(31)19(22(30)27-24(29)32)11-16-10-18-15(2)13-25(3,4)28(5)21(18)12-20(16)26/h6-13H,1-5H3,(H,27,30,32)/b19-11+. The molecule has 2 aromatic rings. The second-order valence-corrected chi connectivity index (χ2v) is 9.52. The molecule has 7 heteroatoms. The number of carbonyl (C=O) groups excluding carboxylic acids is 2. The summed E-state index contributed by atoms with van der Waals surface area (Å²) in [4.78, 5) is 29.4. The van der Waals surface area contributed by atoms with E-state index in [1.807, 2.05) is 38.2 Å². The summed E-state index contributed by atoms with van der Waals surface area (Å²) in [6, 6.07) is 11.2. The van der Waals surface area contributed by atoms with Gasteiger partial charge in [-0.2, -0.15) is 0 Å². The van der Waals surface area contributed by atoms with Crippen LogP contribution in [0.5, 0.6) is 0 Å². The van der Waals surface area contributed by atoms with Gasteiger partial charge in [0.05, 0.1) is 11.2 Å². The Morgan fingerprint density at radius 1 is 1.09 bits per heavy atom. The maximum atomic E-state index is 13.3. The second-order valence-electron chi connectivity index (χ2n) is 8.72. The van der Waals surface area contributed by atoms with E-state index in [-0.39, 0.29) is 16.2 Å². The van der Waals surface area contributed by atoms with Crippen LogP contribution in [0.3, 0.4) is 0 Å². The molecule has 2 aromatic carbocycles. The quantitative estimate of drug-likeness (QED) is 0.380. The Labute approximate surface area is 198 Å². The van der Waals surface area contributed by atoms with Gasteiger partial charge >= 0.3 is 0 Å². The molecule has 0 radical (unpaired) electrons. The molecule has 0 atom stereocenters. The lowest BCUT2D eigenvalue weighted by molar-refractivity contribution is -0.122. The lowest BCUT2D eigenvalue weighted by Gasteiger charge is -2.40. The van der Waals surface area contributed by atoms with E-state index in [0.29, 0.717) is 16.3 Å². The zero-order valence-electron chi connectivity index (χ0n) is 18.6. The lowest BCUT2D eigenvalue weighted by atomic mass is 9.88. The van der Waals surface area contributed by atoms with Crippen LogP contribution in [0.25, 0.3) is 11.6 Å². The number of rotatable bonds is 2. The fraction of sp³-hybridized carbons (Fsp3) is 0.240. The molecule has 0 aliphatic carbocycles. The minimum Gasteiger partial charge on any atom is -0.365 e. The highest BCUT2D eigenvalue weighted by Gasteiger charge is 2.35. The molecular weight excluding hydrogens is 442 g/mol. The van der Waals surface area contributed by atoms with Gasteiger partial charge in [0.2, 0.25) is 0 Å². The third-order valence-corrected chi connectivity index (χ3v) is 6.64. The van der Waals surface area contributed by atoms with Crippen LogP contribution in [0.4, 0.5) is 11.4 Å². The van der Waals surface area contributed by atoms with E-state index >= 15 is 0 Å². The summed E-state index contributed by atoms with van der Waals surface area (Å²) in [6.45, 7) is 8.28. The van der Waals surface area contributed by atoms with Crippen LogP contribution in [0.15, 0.2) is 48.0 Å². The van der Waals surface area contributed by atoms with Gasteiger partial charge in [0.15, 0.2) is 5.11 Å². The second kappa shape index (κ2) is 7.87. The Morgan fingerprint density at radius 2 is 1.75 bits per heavy atom. The summed E-state index contributed by atoms with van der Waals surface area (Å²) < 4.78 is 0. The average Bonchev–Trinajstić information content (AvgIpc) is 2.71. The van der Waals surface area contributed by atoms with Crippen molar-refractivity contribution < 1.29 is 9.59 Å².